The maximum Gasteiger partial charge on any atom is 0.253 e. The van der Waals surface area contributed by atoms with Crippen molar-refractivity contribution in [1.82, 2.24) is 4.90 Å². The summed E-state index contributed by atoms with van der Waals surface area (Å²) in [5, 5.41) is 2.06. The largest absolute Gasteiger partial charge is 0.337 e. The smallest absolute Gasteiger partial charge is 0.253 e. The average molecular weight is 324 g/mol. The van der Waals surface area contributed by atoms with Crippen molar-refractivity contribution in [1.29, 1.82) is 0 Å². The summed E-state index contributed by atoms with van der Waals surface area (Å²) >= 11 is 5.06. The standard InChI is InChI=1S/C14H14BrNOS/c1-10-7-8-18-13(10)9-16(2)14(17)11-3-5-12(15)6-4-11/h3-8H,9H2,1-2H3. The van der Waals surface area contributed by atoms with Crippen LogP contribution < -0.4 is 0 Å². The first kappa shape index (κ1) is 13.3. The first-order valence-corrected chi connectivity index (χ1v) is 7.29. The van der Waals surface area contributed by atoms with E-state index in [0.29, 0.717) is 6.54 Å². The summed E-state index contributed by atoms with van der Waals surface area (Å²) in [7, 11) is 1.84. The third kappa shape index (κ3) is 3.00. The van der Waals surface area contributed by atoms with Crippen molar-refractivity contribution in [2.75, 3.05) is 7.05 Å². The molecule has 0 bridgehead atoms. The van der Waals surface area contributed by atoms with Crippen LogP contribution in [0.3, 0.4) is 0 Å². The molecule has 1 aromatic heterocycles. The molecule has 2 rings (SSSR count). The minimum atomic E-state index is 0.0512. The summed E-state index contributed by atoms with van der Waals surface area (Å²) in [6.07, 6.45) is 0. The molecule has 4 heteroatoms. The lowest BCUT2D eigenvalue weighted by Crippen LogP contribution is -2.25. The van der Waals surface area contributed by atoms with Gasteiger partial charge in [-0.1, -0.05) is 15.9 Å². The van der Waals surface area contributed by atoms with E-state index in [1.807, 2.05) is 31.3 Å². The monoisotopic (exact) mass is 323 g/mol. The molecule has 0 atom stereocenters. The van der Waals surface area contributed by atoms with Crippen LogP contribution in [0.1, 0.15) is 20.8 Å². The Morgan fingerprint density at radius 3 is 2.50 bits per heavy atom. The van der Waals surface area contributed by atoms with Gasteiger partial charge in [0.1, 0.15) is 0 Å². The molecule has 1 aromatic carbocycles. The van der Waals surface area contributed by atoms with E-state index in [1.165, 1.54) is 10.4 Å². The van der Waals surface area contributed by atoms with Gasteiger partial charge in [0.05, 0.1) is 6.54 Å². The first-order chi connectivity index (χ1) is 8.58. The summed E-state index contributed by atoms with van der Waals surface area (Å²) in [6, 6.07) is 9.53. The van der Waals surface area contributed by atoms with E-state index in [-0.39, 0.29) is 5.91 Å². The number of halogens is 1. The summed E-state index contributed by atoms with van der Waals surface area (Å²) < 4.78 is 0.982. The van der Waals surface area contributed by atoms with E-state index in [1.54, 1.807) is 16.2 Å². The van der Waals surface area contributed by atoms with Crippen LogP contribution in [-0.4, -0.2) is 17.9 Å². The summed E-state index contributed by atoms with van der Waals surface area (Å²) in [4.78, 5) is 15.2. The van der Waals surface area contributed by atoms with Gasteiger partial charge >= 0.3 is 0 Å². The molecule has 0 saturated carbocycles. The molecule has 0 saturated heterocycles. The molecule has 1 amide bonds. The van der Waals surface area contributed by atoms with Crippen LogP contribution in [0, 0.1) is 6.92 Å². The zero-order chi connectivity index (χ0) is 13.1. The van der Waals surface area contributed by atoms with Crippen LogP contribution in [0.4, 0.5) is 0 Å². The van der Waals surface area contributed by atoms with Crippen LogP contribution in [0.15, 0.2) is 40.2 Å². The van der Waals surface area contributed by atoms with Crippen molar-refractivity contribution in [2.24, 2.45) is 0 Å². The number of amides is 1. The first-order valence-electron chi connectivity index (χ1n) is 5.62. The number of carbonyl (C=O) groups is 1. The van der Waals surface area contributed by atoms with Crippen molar-refractivity contribution in [2.45, 2.75) is 13.5 Å². The molecule has 0 unspecified atom stereocenters. The fraction of sp³-hybridized carbons (Fsp3) is 0.214. The quantitative estimate of drug-likeness (QED) is 0.833. The molecule has 2 nitrogen and oxygen atoms in total. The molecular weight excluding hydrogens is 310 g/mol. The van der Waals surface area contributed by atoms with E-state index in [9.17, 15) is 4.79 Å². The zero-order valence-electron chi connectivity index (χ0n) is 10.3. The molecule has 0 spiro atoms. The van der Waals surface area contributed by atoms with Gasteiger partial charge < -0.3 is 4.90 Å². The normalized spacial score (nSPS) is 10.4. The minimum Gasteiger partial charge on any atom is -0.337 e. The highest BCUT2D eigenvalue weighted by Crippen LogP contribution is 2.18. The Morgan fingerprint density at radius 2 is 1.94 bits per heavy atom. The van der Waals surface area contributed by atoms with E-state index in [4.69, 9.17) is 0 Å². The fourth-order valence-electron chi connectivity index (χ4n) is 1.67. The van der Waals surface area contributed by atoms with Crippen LogP contribution >= 0.6 is 27.3 Å². The highest BCUT2D eigenvalue weighted by atomic mass is 79.9. The second-order valence-electron chi connectivity index (χ2n) is 4.19. The molecule has 94 valence electrons. The minimum absolute atomic E-state index is 0.0512. The number of aryl methyl sites for hydroxylation is 1. The number of benzene rings is 1. The van der Waals surface area contributed by atoms with Crippen molar-refractivity contribution >= 4 is 33.2 Å². The Balaban J connectivity index is 2.09. The van der Waals surface area contributed by atoms with E-state index in [2.05, 4.69) is 34.3 Å². The number of rotatable bonds is 3. The summed E-state index contributed by atoms with van der Waals surface area (Å²) in [5.74, 6) is 0.0512. The molecule has 0 fully saturated rings. The van der Waals surface area contributed by atoms with Gasteiger partial charge in [0.25, 0.3) is 5.91 Å². The van der Waals surface area contributed by atoms with Crippen molar-refractivity contribution in [3.63, 3.8) is 0 Å². The van der Waals surface area contributed by atoms with Crippen molar-refractivity contribution in [3.05, 3.63) is 56.2 Å². The molecule has 0 radical (unpaired) electrons. The fourth-order valence-corrected chi connectivity index (χ4v) is 2.89. The molecular formula is C14H14BrNOS. The van der Waals surface area contributed by atoms with Gasteiger partial charge in [-0.15, -0.1) is 11.3 Å². The third-order valence-corrected chi connectivity index (χ3v) is 4.32. The Kier molecular flexibility index (Phi) is 4.19. The number of nitrogens with zero attached hydrogens (tertiary/aromatic N) is 1. The molecule has 0 aliphatic carbocycles. The molecule has 2 aromatic rings. The SMILES string of the molecule is Cc1ccsc1CN(C)C(=O)c1ccc(Br)cc1. The third-order valence-electron chi connectivity index (χ3n) is 2.79. The highest BCUT2D eigenvalue weighted by Gasteiger charge is 2.13. The van der Waals surface area contributed by atoms with Crippen molar-refractivity contribution in [3.8, 4) is 0 Å². The van der Waals surface area contributed by atoms with Gasteiger partial charge in [-0.25, -0.2) is 0 Å². The Hall–Kier alpha value is -1.13. The van der Waals surface area contributed by atoms with Crippen molar-refractivity contribution < 1.29 is 4.79 Å². The predicted molar refractivity (Wildman–Crippen MR) is 79.0 cm³/mol. The van der Waals surface area contributed by atoms with Gasteiger partial charge in [0, 0.05) is 22.0 Å². The topological polar surface area (TPSA) is 20.3 Å². The van der Waals surface area contributed by atoms with Crippen LogP contribution in [0.5, 0.6) is 0 Å². The van der Waals surface area contributed by atoms with Gasteiger partial charge in [-0.2, -0.15) is 0 Å². The second kappa shape index (κ2) is 5.67. The Labute approximate surface area is 119 Å². The molecule has 1 heterocycles. The lowest BCUT2D eigenvalue weighted by Gasteiger charge is -2.17. The lowest BCUT2D eigenvalue weighted by atomic mass is 10.2. The highest BCUT2D eigenvalue weighted by molar-refractivity contribution is 9.10. The number of carbonyl (C=O) groups excluding carboxylic acids is 1. The number of hydrogen-bond acceptors (Lipinski definition) is 2. The summed E-state index contributed by atoms with van der Waals surface area (Å²) in [6.45, 7) is 2.74. The summed E-state index contributed by atoms with van der Waals surface area (Å²) in [5.41, 5.74) is 1.96. The maximum absolute atomic E-state index is 12.2. The van der Waals surface area contributed by atoms with Crippen LogP contribution in [0.2, 0.25) is 0 Å². The molecule has 0 aliphatic heterocycles. The molecule has 0 aliphatic rings. The second-order valence-corrected chi connectivity index (χ2v) is 6.11. The van der Waals surface area contributed by atoms with Gasteiger partial charge in [0.15, 0.2) is 0 Å². The van der Waals surface area contributed by atoms with E-state index < -0.39 is 0 Å². The van der Waals surface area contributed by atoms with Crippen LogP contribution in [-0.2, 0) is 6.54 Å². The van der Waals surface area contributed by atoms with E-state index in [0.717, 1.165) is 10.0 Å². The number of thiophene rings is 1. The lowest BCUT2D eigenvalue weighted by molar-refractivity contribution is 0.0786. The Bertz CT molecular complexity index is 547. The van der Waals surface area contributed by atoms with Gasteiger partial charge in [-0.05, 0) is 48.2 Å². The average Bonchev–Trinajstić information content (AvgIpc) is 2.75. The zero-order valence-corrected chi connectivity index (χ0v) is 12.7. The van der Waals surface area contributed by atoms with Gasteiger partial charge in [0.2, 0.25) is 0 Å². The van der Waals surface area contributed by atoms with Gasteiger partial charge in [-0.3, -0.25) is 4.79 Å². The van der Waals surface area contributed by atoms with E-state index >= 15 is 0 Å². The number of hydrogen-bond donors (Lipinski definition) is 0. The molecule has 18 heavy (non-hydrogen) atoms. The Morgan fingerprint density at radius 1 is 1.28 bits per heavy atom. The van der Waals surface area contributed by atoms with Crippen LogP contribution in [0.25, 0.3) is 0 Å². The predicted octanol–water partition coefficient (Wildman–Crippen LogP) is 4.09. The maximum atomic E-state index is 12.2. The molecule has 0 N–H and O–H groups in total.